The minimum atomic E-state index is -0.143. The van der Waals surface area contributed by atoms with Gasteiger partial charge < -0.3 is 16.0 Å². The van der Waals surface area contributed by atoms with Gasteiger partial charge in [-0.1, -0.05) is 6.92 Å². The van der Waals surface area contributed by atoms with Crippen LogP contribution < -0.4 is 11.1 Å². The Labute approximate surface area is 158 Å². The Morgan fingerprint density at radius 3 is 2.81 bits per heavy atom. The number of fused-ring (bicyclic) bond motifs is 1. The lowest BCUT2D eigenvalue weighted by Gasteiger charge is -2.31. The molecule has 0 spiro atoms. The molecule has 1 atom stereocenters. The molecule has 3 heterocycles. The summed E-state index contributed by atoms with van der Waals surface area (Å²) in [5, 5.41) is 6.94. The quantitative estimate of drug-likeness (QED) is 0.793. The number of aryl methyl sites for hydroxylation is 2. The van der Waals surface area contributed by atoms with E-state index in [1.54, 1.807) is 4.52 Å². The molecule has 1 aliphatic rings. The summed E-state index contributed by atoms with van der Waals surface area (Å²) in [6.07, 6.45) is 2.73. The molecule has 1 fully saturated rings. The average molecular weight is 373 g/mol. The number of nitrogens with two attached hydrogens (primary N) is 1. The van der Waals surface area contributed by atoms with Crippen molar-refractivity contribution < 1.29 is 9.59 Å². The van der Waals surface area contributed by atoms with Gasteiger partial charge in [-0.05, 0) is 32.6 Å². The summed E-state index contributed by atoms with van der Waals surface area (Å²) in [7, 11) is 0. The van der Waals surface area contributed by atoms with E-state index in [0.717, 1.165) is 36.5 Å². The van der Waals surface area contributed by atoms with Crippen molar-refractivity contribution in [1.29, 1.82) is 0 Å². The second kappa shape index (κ2) is 7.89. The van der Waals surface area contributed by atoms with Crippen LogP contribution in [0.3, 0.4) is 0 Å². The Kier molecular flexibility index (Phi) is 5.57. The molecular formula is C18H27N7O2. The van der Waals surface area contributed by atoms with Gasteiger partial charge in [0.25, 0.3) is 5.78 Å². The first kappa shape index (κ1) is 19.1. The zero-order chi connectivity index (χ0) is 19.6. The Morgan fingerprint density at radius 2 is 2.07 bits per heavy atom. The van der Waals surface area contributed by atoms with Gasteiger partial charge in [-0.3, -0.25) is 9.59 Å². The lowest BCUT2D eigenvalue weighted by Crippen LogP contribution is -2.40. The van der Waals surface area contributed by atoms with Crippen LogP contribution in [0.2, 0.25) is 0 Å². The van der Waals surface area contributed by atoms with Crippen molar-refractivity contribution in [2.45, 2.75) is 46.5 Å². The minimum Gasteiger partial charge on any atom is -0.366 e. The largest absolute Gasteiger partial charge is 0.366 e. The van der Waals surface area contributed by atoms with Crippen LogP contribution in [0.1, 0.15) is 43.1 Å². The summed E-state index contributed by atoms with van der Waals surface area (Å²) < 4.78 is 1.55. The third-order valence-electron chi connectivity index (χ3n) is 5.07. The lowest BCUT2D eigenvalue weighted by molar-refractivity contribution is -0.132. The highest BCUT2D eigenvalue weighted by atomic mass is 16.2. The molecule has 2 aromatic rings. The SMILES string of the molecule is Cc1nc2nc(N)nn2c(C)c1CC(=O)NCCC(=O)N1CCC[C@H](C)C1. The van der Waals surface area contributed by atoms with Crippen molar-refractivity contribution in [2.75, 3.05) is 25.4 Å². The molecule has 3 rings (SSSR count). The highest BCUT2D eigenvalue weighted by Crippen LogP contribution is 2.16. The zero-order valence-electron chi connectivity index (χ0n) is 16.2. The number of anilines is 1. The number of aromatic nitrogens is 4. The van der Waals surface area contributed by atoms with Gasteiger partial charge in [0.05, 0.1) is 6.42 Å². The maximum Gasteiger partial charge on any atom is 0.254 e. The first-order chi connectivity index (χ1) is 12.8. The number of hydrogen-bond acceptors (Lipinski definition) is 6. The van der Waals surface area contributed by atoms with E-state index >= 15 is 0 Å². The Hall–Kier alpha value is -2.71. The highest BCUT2D eigenvalue weighted by Gasteiger charge is 2.21. The summed E-state index contributed by atoms with van der Waals surface area (Å²) in [4.78, 5) is 34.9. The van der Waals surface area contributed by atoms with Gasteiger partial charge in [0.15, 0.2) is 0 Å². The molecular weight excluding hydrogens is 346 g/mol. The predicted molar refractivity (Wildman–Crippen MR) is 101 cm³/mol. The maximum atomic E-state index is 12.3. The molecule has 0 saturated carbocycles. The Balaban J connectivity index is 1.55. The lowest BCUT2D eigenvalue weighted by atomic mass is 10.00. The highest BCUT2D eigenvalue weighted by molar-refractivity contribution is 5.81. The summed E-state index contributed by atoms with van der Waals surface area (Å²) in [5.74, 6) is 1.09. The molecule has 0 bridgehead atoms. The van der Waals surface area contributed by atoms with Crippen LogP contribution in [-0.2, 0) is 16.0 Å². The fraction of sp³-hybridized carbons (Fsp3) is 0.611. The molecule has 0 aliphatic carbocycles. The van der Waals surface area contributed by atoms with Gasteiger partial charge in [-0.25, -0.2) is 4.98 Å². The first-order valence-corrected chi connectivity index (χ1v) is 9.38. The van der Waals surface area contributed by atoms with E-state index in [1.165, 1.54) is 6.42 Å². The molecule has 0 aromatic carbocycles. The monoisotopic (exact) mass is 373 g/mol. The van der Waals surface area contributed by atoms with Crippen LogP contribution in [0.4, 0.5) is 5.95 Å². The fourth-order valence-corrected chi connectivity index (χ4v) is 3.59. The summed E-state index contributed by atoms with van der Waals surface area (Å²) >= 11 is 0. The number of rotatable bonds is 5. The average Bonchev–Trinajstić information content (AvgIpc) is 2.99. The van der Waals surface area contributed by atoms with Gasteiger partial charge >= 0.3 is 0 Å². The first-order valence-electron chi connectivity index (χ1n) is 9.38. The molecule has 2 aromatic heterocycles. The maximum absolute atomic E-state index is 12.3. The van der Waals surface area contributed by atoms with Crippen molar-refractivity contribution in [3.8, 4) is 0 Å². The third kappa shape index (κ3) is 4.35. The number of hydrogen-bond donors (Lipinski definition) is 2. The molecule has 9 nitrogen and oxygen atoms in total. The predicted octanol–water partition coefficient (Wildman–Crippen LogP) is 0.631. The number of nitrogens with zero attached hydrogens (tertiary/aromatic N) is 5. The van der Waals surface area contributed by atoms with E-state index in [0.29, 0.717) is 24.7 Å². The number of carbonyl (C=O) groups excluding carboxylic acids is 2. The van der Waals surface area contributed by atoms with Gasteiger partial charge in [0, 0.05) is 43.0 Å². The normalized spacial score (nSPS) is 17.3. The number of nitrogens with one attached hydrogen (secondary N) is 1. The molecule has 146 valence electrons. The van der Waals surface area contributed by atoms with Crippen LogP contribution in [-0.4, -0.2) is 55.9 Å². The summed E-state index contributed by atoms with van der Waals surface area (Å²) in [5.41, 5.74) is 7.93. The van der Waals surface area contributed by atoms with Crippen LogP contribution in [0.5, 0.6) is 0 Å². The van der Waals surface area contributed by atoms with Gasteiger partial charge in [0.2, 0.25) is 17.8 Å². The molecule has 2 amide bonds. The van der Waals surface area contributed by atoms with Crippen molar-refractivity contribution in [1.82, 2.24) is 29.8 Å². The van der Waals surface area contributed by atoms with E-state index in [1.807, 2.05) is 18.7 Å². The number of nitrogen functional groups attached to an aromatic ring is 1. The number of piperidine rings is 1. The molecule has 27 heavy (non-hydrogen) atoms. The molecule has 0 unspecified atom stereocenters. The van der Waals surface area contributed by atoms with Crippen molar-refractivity contribution in [3.63, 3.8) is 0 Å². The Bertz CT molecular complexity index is 861. The van der Waals surface area contributed by atoms with Crippen LogP contribution >= 0.6 is 0 Å². The van der Waals surface area contributed by atoms with E-state index in [4.69, 9.17) is 5.73 Å². The van der Waals surface area contributed by atoms with Crippen molar-refractivity contribution in [2.24, 2.45) is 5.92 Å². The van der Waals surface area contributed by atoms with E-state index in [2.05, 4.69) is 27.3 Å². The second-order valence-corrected chi connectivity index (χ2v) is 7.31. The van der Waals surface area contributed by atoms with E-state index in [9.17, 15) is 9.59 Å². The molecule has 1 aliphatic heterocycles. The molecule has 0 radical (unpaired) electrons. The molecule has 9 heteroatoms. The zero-order valence-corrected chi connectivity index (χ0v) is 16.2. The van der Waals surface area contributed by atoms with E-state index in [-0.39, 0.29) is 24.2 Å². The fourth-order valence-electron chi connectivity index (χ4n) is 3.59. The topological polar surface area (TPSA) is 119 Å². The van der Waals surface area contributed by atoms with Gasteiger partial charge in [-0.2, -0.15) is 9.50 Å². The minimum absolute atomic E-state index is 0.107. The number of likely N-dealkylation sites (tertiary alicyclic amines) is 1. The van der Waals surface area contributed by atoms with Crippen LogP contribution in [0, 0.1) is 19.8 Å². The van der Waals surface area contributed by atoms with Gasteiger partial charge in [0.1, 0.15) is 0 Å². The molecule has 3 N–H and O–H groups in total. The smallest absolute Gasteiger partial charge is 0.254 e. The van der Waals surface area contributed by atoms with Gasteiger partial charge in [-0.15, -0.1) is 5.10 Å². The van der Waals surface area contributed by atoms with Crippen LogP contribution in [0.15, 0.2) is 0 Å². The van der Waals surface area contributed by atoms with E-state index < -0.39 is 0 Å². The molecule has 1 saturated heterocycles. The van der Waals surface area contributed by atoms with Crippen LogP contribution in [0.25, 0.3) is 5.78 Å². The third-order valence-corrected chi connectivity index (χ3v) is 5.07. The summed E-state index contributed by atoms with van der Waals surface area (Å²) in [6, 6.07) is 0. The summed E-state index contributed by atoms with van der Waals surface area (Å²) in [6.45, 7) is 7.84. The second-order valence-electron chi connectivity index (χ2n) is 7.31. The standard InChI is InChI=1S/C18H27N7O2/c1-11-5-4-8-24(10-11)16(27)6-7-20-15(26)9-14-12(2)21-18-22-17(19)23-25(18)13(14)3/h11H,4-10H2,1-3H3,(H2,19,23)(H,20,26)/t11-/m0/s1. The number of carbonyl (C=O) groups is 2. The van der Waals surface area contributed by atoms with Crippen molar-refractivity contribution in [3.05, 3.63) is 17.0 Å². The Morgan fingerprint density at radius 1 is 1.30 bits per heavy atom. The number of amides is 2. The van der Waals surface area contributed by atoms with Crippen molar-refractivity contribution >= 4 is 23.5 Å².